The van der Waals surface area contributed by atoms with Crippen molar-refractivity contribution >= 4 is 0 Å². The maximum Gasteiger partial charge on any atom is 4.00 e. The van der Waals surface area contributed by atoms with Crippen LogP contribution in [0, 0.1) is 0 Å². The zero-order valence-electron chi connectivity index (χ0n) is 2.30. The van der Waals surface area contributed by atoms with Crippen LogP contribution in [0.2, 0.25) is 0 Å². The molecule has 0 rings (SSSR count). The summed E-state index contributed by atoms with van der Waals surface area (Å²) < 4.78 is 0. The van der Waals surface area contributed by atoms with Gasteiger partial charge in [0.1, 0.15) is 0 Å². The predicted molar refractivity (Wildman–Crippen MR) is 0 cm³/mol. The van der Waals surface area contributed by atoms with Crippen LogP contribution < -0.4 is 23.5 Å². The fourth-order valence-electron chi connectivity index (χ4n) is 0. The molecular weight excluding hydrogens is 147 g/mol. The molecule has 0 fully saturated rings. The van der Waals surface area contributed by atoms with Crippen molar-refractivity contribution in [3.8, 4) is 0 Å². The summed E-state index contributed by atoms with van der Waals surface area (Å²) in [5.41, 5.74) is 0. The smallest absolute Gasteiger partial charge is 1.00 e. The molecule has 0 aromatic carbocycles. The minimum atomic E-state index is 0. The van der Waals surface area contributed by atoms with E-state index in [1.165, 1.54) is 0 Å². The summed E-state index contributed by atoms with van der Waals surface area (Å²) in [7, 11) is 0. The second kappa shape index (κ2) is 2720. The zero-order chi connectivity index (χ0) is 0. The molecule has 0 aliphatic rings. The molecule has 0 spiro atoms. The molecule has 0 heterocycles. The monoisotopic (exact) mass is 147 g/mol. The zero-order valence-corrected chi connectivity index (χ0v) is 3.57. The van der Waals surface area contributed by atoms with Gasteiger partial charge in [0.15, 0.2) is 0 Å². The van der Waals surface area contributed by atoms with Crippen molar-refractivity contribution in [2.75, 3.05) is 0 Å². The largest absolute Gasteiger partial charge is 4.00 e. The first kappa shape index (κ1) is 4990. The number of halogens is 5. The molecule has 42 valence electrons. The normalized spacial score (nSPS) is 0. The third kappa shape index (κ3) is 1270. The maximum absolute atomic E-state index is 0. The Labute approximate surface area is 41.9 Å². The molecule has 0 bridgehead atoms. The van der Waals surface area contributed by atoms with Gasteiger partial charge in [-0.3, -0.25) is 0 Å². The van der Waals surface area contributed by atoms with Gasteiger partial charge in [-0.1, -0.05) is 0 Å². The Kier molecular flexibility index (Phi) is 2260000. The van der Waals surface area contributed by atoms with E-state index in [-0.39, 0.29) is 40.9 Å². The molecule has 0 aliphatic heterocycles. The first-order chi connectivity index (χ1) is 0. The van der Waals surface area contributed by atoms with Crippen LogP contribution in [0.1, 0.15) is 0 Å². The van der Waals surface area contributed by atoms with Gasteiger partial charge in [-0.2, -0.15) is 0 Å². The van der Waals surface area contributed by atoms with Gasteiger partial charge in [-0.25, -0.2) is 0 Å². The summed E-state index contributed by atoms with van der Waals surface area (Å²) in [5, 5.41) is 0. The molecule has 6 heteroatoms. The van der Waals surface area contributed by atoms with Crippen molar-refractivity contribution in [3.05, 3.63) is 0 Å². The average molecular weight is 147 g/mol. The third-order valence-corrected chi connectivity index (χ3v) is 0. The molecule has 0 amide bonds. The van der Waals surface area contributed by atoms with Crippen molar-refractivity contribution < 1.29 is 40.9 Å². The second-order valence-electron chi connectivity index (χ2n) is 0. The molecule has 0 nitrogen and oxygen atoms in total. The Hall–Kier alpha value is 0.182. The molecule has 0 aliphatic carbocycles. The average Bonchev–Trinajstić information content (AvgIpc) is 0. The van der Waals surface area contributed by atoms with E-state index in [1.54, 1.807) is 0 Å². The summed E-state index contributed by atoms with van der Waals surface area (Å²) >= 11 is 0. The van der Waals surface area contributed by atoms with E-state index in [1.807, 2.05) is 0 Å². The Balaban J connectivity index is 0. The summed E-state index contributed by atoms with van der Waals surface area (Å²) in [5.74, 6) is 0. The van der Waals surface area contributed by atoms with Crippen molar-refractivity contribution in [2.24, 2.45) is 0 Å². The van der Waals surface area contributed by atoms with Gasteiger partial charge in [-0.15, -0.1) is 0 Å². The molecule has 0 saturated heterocycles. The first-order valence-electron chi connectivity index (χ1n) is 0. The van der Waals surface area contributed by atoms with E-state index < -0.39 is 0 Å². The van der Waals surface area contributed by atoms with Gasteiger partial charge >= 0.3 is 17.4 Å². The van der Waals surface area contributed by atoms with Crippen molar-refractivity contribution in [2.45, 2.75) is 0 Å². The van der Waals surface area contributed by atoms with Crippen LogP contribution in [0.5, 0.6) is 0 Å². The summed E-state index contributed by atoms with van der Waals surface area (Å²) in [6, 6.07) is 0. The van der Waals surface area contributed by atoms with Gasteiger partial charge in [-0.05, 0) is 0 Å². The van der Waals surface area contributed by atoms with Crippen LogP contribution in [-0.2, 0) is 17.4 Å². The first-order valence-corrected chi connectivity index (χ1v) is 0. The van der Waals surface area contributed by atoms with Gasteiger partial charge < -0.3 is 23.5 Å². The Morgan fingerprint density at radius 1 is 0.333 bits per heavy atom. The molecule has 0 saturated carbocycles. The van der Waals surface area contributed by atoms with E-state index in [9.17, 15) is 0 Å². The topological polar surface area (TPSA) is 0 Å². The second-order valence-corrected chi connectivity index (χ2v) is 0. The SMILES string of the molecule is [Cr+4].[F-].[F-].[F-].[F-].[F-]. The molecule has 0 unspecified atom stereocenters. The molecule has 0 aromatic heterocycles. The van der Waals surface area contributed by atoms with Crippen molar-refractivity contribution in [1.82, 2.24) is 0 Å². The van der Waals surface area contributed by atoms with Crippen LogP contribution in [0.3, 0.4) is 0 Å². The van der Waals surface area contributed by atoms with Gasteiger partial charge in [0.2, 0.25) is 0 Å². The molecule has 0 radical (unpaired) electrons. The van der Waals surface area contributed by atoms with E-state index in [0.29, 0.717) is 0 Å². The van der Waals surface area contributed by atoms with Crippen molar-refractivity contribution in [1.29, 1.82) is 0 Å². The van der Waals surface area contributed by atoms with Crippen LogP contribution in [0.4, 0.5) is 0 Å². The number of rotatable bonds is 0. The minimum absolute atomic E-state index is 0. The summed E-state index contributed by atoms with van der Waals surface area (Å²) in [6.07, 6.45) is 0. The fourth-order valence-corrected chi connectivity index (χ4v) is 0. The van der Waals surface area contributed by atoms with E-state index >= 15 is 0 Å². The number of hydrogen-bond acceptors (Lipinski definition) is 0. The molecule has 0 aromatic rings. The van der Waals surface area contributed by atoms with Crippen LogP contribution >= 0.6 is 0 Å². The quantitative estimate of drug-likeness (QED) is 0.298. The third-order valence-electron chi connectivity index (χ3n) is 0. The van der Waals surface area contributed by atoms with Gasteiger partial charge in [0.25, 0.3) is 0 Å². The fraction of sp³-hybridized carbons (Fsp3) is 0. The van der Waals surface area contributed by atoms with Crippen LogP contribution in [0.25, 0.3) is 0 Å². The number of hydrogen-bond donors (Lipinski definition) is 0. The Morgan fingerprint density at radius 3 is 0.333 bits per heavy atom. The predicted octanol–water partition coefficient (Wildman–Crippen LogP) is -15.0. The standard InChI is InChI=1S/Cr.5FH/h;5*1H/q+4;;;;;/p-5. The minimum Gasteiger partial charge on any atom is -1.00 e. The van der Waals surface area contributed by atoms with Crippen LogP contribution in [0.15, 0.2) is 0 Å². The summed E-state index contributed by atoms with van der Waals surface area (Å²) in [4.78, 5) is 0. The van der Waals surface area contributed by atoms with Crippen LogP contribution in [-0.4, -0.2) is 0 Å². The molecular formula is CrF5-. The van der Waals surface area contributed by atoms with E-state index in [4.69, 9.17) is 0 Å². The Bertz CT molecular complexity index is 3.90. The van der Waals surface area contributed by atoms with Gasteiger partial charge in [0, 0.05) is 0 Å². The summed E-state index contributed by atoms with van der Waals surface area (Å²) in [6.45, 7) is 0. The molecule has 0 atom stereocenters. The maximum atomic E-state index is 0. The molecule has 6 heavy (non-hydrogen) atoms. The molecule has 0 N–H and O–H groups in total. The van der Waals surface area contributed by atoms with Gasteiger partial charge in [0.05, 0.1) is 0 Å². The van der Waals surface area contributed by atoms with E-state index in [2.05, 4.69) is 0 Å². The van der Waals surface area contributed by atoms with Crippen molar-refractivity contribution in [3.63, 3.8) is 0 Å². The Morgan fingerprint density at radius 2 is 0.333 bits per heavy atom. The van der Waals surface area contributed by atoms with E-state index in [0.717, 1.165) is 0 Å².